The van der Waals surface area contributed by atoms with Crippen LogP contribution in [0.4, 0.5) is 11.6 Å². The van der Waals surface area contributed by atoms with Gasteiger partial charge in [-0.3, -0.25) is 14.7 Å². The Morgan fingerprint density at radius 2 is 1.88 bits per heavy atom. The fourth-order valence-corrected chi connectivity index (χ4v) is 3.45. The summed E-state index contributed by atoms with van der Waals surface area (Å²) in [5.41, 5.74) is 7.83. The number of thioether (sulfide) groups is 1. The van der Waals surface area contributed by atoms with Crippen LogP contribution in [0.25, 0.3) is 0 Å². The normalized spacial score (nSPS) is 10.8. The maximum atomic E-state index is 10.7. The molecule has 0 aliphatic carbocycles. The van der Waals surface area contributed by atoms with Crippen molar-refractivity contribution in [3.05, 3.63) is 74.8 Å². The molecule has 0 aliphatic rings. The summed E-state index contributed by atoms with van der Waals surface area (Å²) in [7, 11) is 0. The van der Waals surface area contributed by atoms with Gasteiger partial charge in [0.15, 0.2) is 5.16 Å². The molecule has 0 saturated heterocycles. The maximum absolute atomic E-state index is 10.7. The zero-order valence-electron chi connectivity index (χ0n) is 13.0. The summed E-state index contributed by atoms with van der Waals surface area (Å²) >= 11 is 7.65. The average molecular weight is 376 g/mol. The van der Waals surface area contributed by atoms with Gasteiger partial charge in [0.25, 0.3) is 5.69 Å². The van der Waals surface area contributed by atoms with Crippen LogP contribution in [0.1, 0.15) is 11.1 Å². The molecule has 0 radical (unpaired) electrons. The van der Waals surface area contributed by atoms with E-state index in [4.69, 9.17) is 17.3 Å². The average Bonchev–Trinajstić information content (AvgIpc) is 2.95. The molecule has 3 rings (SSSR count). The van der Waals surface area contributed by atoms with E-state index in [-0.39, 0.29) is 5.69 Å². The fourth-order valence-electron chi connectivity index (χ4n) is 2.22. The third kappa shape index (κ3) is 4.09. The second-order valence-corrected chi connectivity index (χ2v) is 6.58. The topological polar surface area (TPSA) is 99.9 Å². The van der Waals surface area contributed by atoms with Gasteiger partial charge in [0.2, 0.25) is 5.95 Å². The van der Waals surface area contributed by atoms with E-state index in [9.17, 15) is 10.1 Å². The Morgan fingerprint density at radius 1 is 1.16 bits per heavy atom. The van der Waals surface area contributed by atoms with Crippen molar-refractivity contribution < 1.29 is 4.92 Å². The number of nitrogens with zero attached hydrogens (tertiary/aromatic N) is 4. The molecule has 0 bridgehead atoms. The van der Waals surface area contributed by atoms with Crippen molar-refractivity contribution in [3.8, 4) is 0 Å². The number of nitro groups is 1. The lowest BCUT2D eigenvalue weighted by molar-refractivity contribution is -0.384. The molecule has 0 atom stereocenters. The molecule has 9 heteroatoms. The van der Waals surface area contributed by atoms with Gasteiger partial charge in [0.05, 0.1) is 11.5 Å². The fraction of sp³-hybridized carbons (Fsp3) is 0.125. The molecule has 128 valence electrons. The maximum Gasteiger partial charge on any atom is 0.269 e. The minimum Gasteiger partial charge on any atom is -0.368 e. The number of non-ortho nitro benzene ring substituents is 1. The van der Waals surface area contributed by atoms with Crippen LogP contribution in [0.15, 0.2) is 53.7 Å². The van der Waals surface area contributed by atoms with Crippen molar-refractivity contribution in [2.75, 3.05) is 5.73 Å². The number of aromatic nitrogens is 3. The van der Waals surface area contributed by atoms with Crippen molar-refractivity contribution in [3.63, 3.8) is 0 Å². The molecule has 0 unspecified atom stereocenters. The number of nitrogens with two attached hydrogens (primary N) is 1. The number of hydrogen-bond donors (Lipinski definition) is 1. The van der Waals surface area contributed by atoms with Crippen LogP contribution in [0.5, 0.6) is 0 Å². The van der Waals surface area contributed by atoms with E-state index in [1.54, 1.807) is 16.7 Å². The Hall–Kier alpha value is -2.58. The Bertz CT molecular complexity index is 898. The Labute approximate surface area is 153 Å². The monoisotopic (exact) mass is 375 g/mol. The van der Waals surface area contributed by atoms with Crippen LogP contribution < -0.4 is 5.73 Å². The number of rotatable bonds is 6. The van der Waals surface area contributed by atoms with Crippen LogP contribution >= 0.6 is 23.4 Å². The number of hydrogen-bond acceptors (Lipinski definition) is 6. The van der Waals surface area contributed by atoms with Gasteiger partial charge in [-0.05, 0) is 17.2 Å². The predicted octanol–water partition coefficient (Wildman–Crippen LogP) is 3.76. The highest BCUT2D eigenvalue weighted by Crippen LogP contribution is 2.27. The molecule has 0 fully saturated rings. The van der Waals surface area contributed by atoms with Crippen LogP contribution in [0.2, 0.25) is 5.02 Å². The predicted molar refractivity (Wildman–Crippen MR) is 97.6 cm³/mol. The zero-order chi connectivity index (χ0) is 17.8. The number of halogens is 1. The molecule has 1 heterocycles. The van der Waals surface area contributed by atoms with Gasteiger partial charge in [0, 0.05) is 22.9 Å². The first-order valence-electron chi connectivity index (χ1n) is 7.33. The van der Waals surface area contributed by atoms with E-state index >= 15 is 0 Å². The summed E-state index contributed by atoms with van der Waals surface area (Å²) in [6, 6.07) is 13.9. The van der Waals surface area contributed by atoms with Gasteiger partial charge in [-0.15, -0.1) is 10.2 Å². The molecule has 0 saturated carbocycles. The molecule has 7 nitrogen and oxygen atoms in total. The lowest BCUT2D eigenvalue weighted by Gasteiger charge is -2.08. The third-order valence-electron chi connectivity index (χ3n) is 3.55. The molecule has 1 aromatic heterocycles. The van der Waals surface area contributed by atoms with E-state index in [1.807, 2.05) is 24.3 Å². The summed E-state index contributed by atoms with van der Waals surface area (Å²) in [4.78, 5) is 10.3. The van der Waals surface area contributed by atoms with Crippen molar-refractivity contribution in [2.45, 2.75) is 17.5 Å². The first-order valence-corrected chi connectivity index (χ1v) is 8.69. The third-order valence-corrected chi connectivity index (χ3v) is 4.93. The van der Waals surface area contributed by atoms with Crippen LogP contribution in [0.3, 0.4) is 0 Å². The molecule has 2 N–H and O–H groups in total. The first kappa shape index (κ1) is 17.2. The summed E-state index contributed by atoms with van der Waals surface area (Å²) in [6.07, 6.45) is 0. The van der Waals surface area contributed by atoms with E-state index in [1.165, 1.54) is 23.9 Å². The van der Waals surface area contributed by atoms with E-state index in [0.717, 1.165) is 11.1 Å². The van der Waals surface area contributed by atoms with Crippen LogP contribution in [-0.2, 0) is 12.3 Å². The van der Waals surface area contributed by atoms with Gasteiger partial charge in [0.1, 0.15) is 0 Å². The summed E-state index contributed by atoms with van der Waals surface area (Å²) in [5.74, 6) is 0.929. The lowest BCUT2D eigenvalue weighted by atomic mass is 10.2. The van der Waals surface area contributed by atoms with E-state index < -0.39 is 4.92 Å². The van der Waals surface area contributed by atoms with Crippen molar-refractivity contribution in [1.29, 1.82) is 0 Å². The van der Waals surface area contributed by atoms with Gasteiger partial charge in [-0.2, -0.15) is 0 Å². The molecule has 0 amide bonds. The Kier molecular flexibility index (Phi) is 5.20. The summed E-state index contributed by atoms with van der Waals surface area (Å²) < 4.78 is 1.77. The number of nitrogen functional groups attached to an aromatic ring is 1. The number of nitro benzene ring substituents is 1. The van der Waals surface area contributed by atoms with Gasteiger partial charge in [-0.1, -0.05) is 53.7 Å². The van der Waals surface area contributed by atoms with Crippen molar-refractivity contribution in [2.24, 2.45) is 0 Å². The van der Waals surface area contributed by atoms with Crippen molar-refractivity contribution in [1.82, 2.24) is 14.8 Å². The van der Waals surface area contributed by atoms with E-state index in [0.29, 0.717) is 28.4 Å². The lowest BCUT2D eigenvalue weighted by Crippen LogP contribution is -2.06. The molecular formula is C16H14ClN5O2S. The summed E-state index contributed by atoms with van der Waals surface area (Å²) in [6.45, 7) is 0.432. The smallest absolute Gasteiger partial charge is 0.269 e. The second kappa shape index (κ2) is 7.54. The standard InChI is InChI=1S/C16H14ClN5O2S/c17-14-4-2-1-3-12(14)10-25-16-20-19-15(18)21(16)9-11-5-7-13(8-6-11)22(23)24/h1-8H,9-10H2,(H2,18,19). The molecule has 0 aliphatic heterocycles. The number of anilines is 1. The largest absolute Gasteiger partial charge is 0.368 e. The quantitative estimate of drug-likeness (QED) is 0.400. The SMILES string of the molecule is Nc1nnc(SCc2ccccc2Cl)n1Cc1ccc([N+](=O)[O-])cc1. The zero-order valence-corrected chi connectivity index (χ0v) is 14.6. The molecular weight excluding hydrogens is 362 g/mol. The van der Waals surface area contributed by atoms with Gasteiger partial charge >= 0.3 is 0 Å². The highest BCUT2D eigenvalue weighted by molar-refractivity contribution is 7.98. The molecule has 3 aromatic rings. The molecule has 2 aromatic carbocycles. The minimum atomic E-state index is -0.429. The Morgan fingerprint density at radius 3 is 2.56 bits per heavy atom. The van der Waals surface area contributed by atoms with Crippen molar-refractivity contribution >= 4 is 35.0 Å². The van der Waals surface area contributed by atoms with Gasteiger partial charge in [-0.25, -0.2) is 0 Å². The van der Waals surface area contributed by atoms with Crippen LogP contribution in [-0.4, -0.2) is 19.7 Å². The first-order chi connectivity index (χ1) is 12.0. The van der Waals surface area contributed by atoms with Gasteiger partial charge < -0.3 is 5.73 Å². The Balaban J connectivity index is 1.75. The number of benzene rings is 2. The molecule has 0 spiro atoms. The molecule has 25 heavy (non-hydrogen) atoms. The van der Waals surface area contributed by atoms with Crippen LogP contribution in [0, 0.1) is 10.1 Å². The second-order valence-electron chi connectivity index (χ2n) is 5.23. The highest BCUT2D eigenvalue weighted by Gasteiger charge is 2.12. The minimum absolute atomic E-state index is 0.0498. The van der Waals surface area contributed by atoms with E-state index in [2.05, 4.69) is 10.2 Å². The summed E-state index contributed by atoms with van der Waals surface area (Å²) in [5, 5.41) is 20.1. The highest BCUT2D eigenvalue weighted by atomic mass is 35.5.